The van der Waals surface area contributed by atoms with E-state index >= 15 is 0 Å². The highest BCUT2D eigenvalue weighted by molar-refractivity contribution is 7.80. The van der Waals surface area contributed by atoms with Crippen LogP contribution in [0.3, 0.4) is 0 Å². The molecule has 13 heavy (non-hydrogen) atoms. The van der Waals surface area contributed by atoms with Crippen molar-refractivity contribution >= 4 is 29.9 Å². The molecule has 1 N–H and O–H groups in total. The smallest absolute Gasteiger partial charge is 0.306 e. The van der Waals surface area contributed by atoms with Crippen molar-refractivity contribution < 1.29 is 18.3 Å². The highest BCUT2D eigenvalue weighted by Crippen LogP contribution is 1.91. The van der Waals surface area contributed by atoms with Crippen LogP contribution in [0, 0.1) is 0 Å². The molecule has 0 aromatic rings. The van der Waals surface area contributed by atoms with Crippen LogP contribution >= 0.6 is 12.6 Å². The van der Waals surface area contributed by atoms with Gasteiger partial charge in [-0.05, 0) is 0 Å². The van der Waals surface area contributed by atoms with E-state index in [9.17, 15) is 9.00 Å². The van der Waals surface area contributed by atoms with Gasteiger partial charge >= 0.3 is 5.97 Å². The first kappa shape index (κ1) is 12.9. The molecule has 0 rings (SSSR count). The van der Waals surface area contributed by atoms with E-state index in [0.29, 0.717) is 5.75 Å². The Morgan fingerprint density at radius 1 is 1.69 bits per heavy atom. The molecule has 1 atom stereocenters. The van der Waals surface area contributed by atoms with E-state index in [1.165, 1.54) is 7.05 Å². The average molecular weight is 227 g/mol. The molecular formula is C6H13NO4S2. The summed E-state index contributed by atoms with van der Waals surface area (Å²) < 4.78 is 24.8. The molecular weight excluding hydrogens is 214 g/mol. The predicted molar refractivity (Wildman–Crippen MR) is 52.8 cm³/mol. The number of carbonyl (C=O) groups excluding carboxylic acids is 1. The zero-order chi connectivity index (χ0) is 10.3. The van der Waals surface area contributed by atoms with Gasteiger partial charge in [-0.25, -0.2) is 8.51 Å². The quantitative estimate of drug-likeness (QED) is 0.378. The van der Waals surface area contributed by atoms with E-state index in [2.05, 4.69) is 12.6 Å². The fourth-order valence-electron chi connectivity index (χ4n) is 0.530. The molecule has 1 unspecified atom stereocenters. The number of carbonyl (C=O) groups is 1. The second kappa shape index (κ2) is 7.31. The summed E-state index contributed by atoms with van der Waals surface area (Å²) in [5.74, 6) is 0.104. The third kappa shape index (κ3) is 7.00. The molecule has 0 aromatic carbocycles. The molecule has 0 spiro atoms. The lowest BCUT2D eigenvalue weighted by Crippen LogP contribution is -2.25. The first-order valence-electron chi connectivity index (χ1n) is 3.66. The number of likely N-dealkylation sites (N-methyl/N-ethyl adjacent to an activating group) is 1. The van der Waals surface area contributed by atoms with Crippen LogP contribution in [0.15, 0.2) is 0 Å². The van der Waals surface area contributed by atoms with Gasteiger partial charge < -0.3 is 4.74 Å². The summed E-state index contributed by atoms with van der Waals surface area (Å²) in [6.45, 7) is 0.358. The van der Waals surface area contributed by atoms with Crippen molar-refractivity contribution in [2.75, 3.05) is 26.0 Å². The molecule has 0 amide bonds. The van der Waals surface area contributed by atoms with Gasteiger partial charge in [0.1, 0.15) is 6.61 Å². The molecule has 0 aliphatic heterocycles. The van der Waals surface area contributed by atoms with E-state index in [1.54, 1.807) is 0 Å². The average Bonchev–Trinajstić information content (AvgIpc) is 2.04. The van der Waals surface area contributed by atoms with Crippen molar-refractivity contribution in [3.8, 4) is 0 Å². The van der Waals surface area contributed by atoms with Gasteiger partial charge in [0.05, 0.1) is 6.42 Å². The number of rotatable bonds is 6. The zero-order valence-corrected chi connectivity index (χ0v) is 9.01. The van der Waals surface area contributed by atoms with E-state index < -0.39 is 11.3 Å². The largest absolute Gasteiger partial charge is 0.464 e. The van der Waals surface area contributed by atoms with Crippen molar-refractivity contribution in [3.63, 3.8) is 0 Å². The van der Waals surface area contributed by atoms with E-state index in [-0.39, 0.29) is 25.5 Å². The lowest BCUT2D eigenvalue weighted by molar-refractivity contribution is -0.143. The molecule has 0 aliphatic carbocycles. The number of hydrogen-bond donors (Lipinski definition) is 2. The second-order valence-corrected chi connectivity index (χ2v) is 3.81. The standard InChI is InChI=1S/C6H13NO4S2/c1-7(13(9)10)3-4-11-6(8)2-5-12/h12H,2-5H2,1H3,(H,9,10). The zero-order valence-electron chi connectivity index (χ0n) is 7.30. The highest BCUT2D eigenvalue weighted by Gasteiger charge is 2.05. The van der Waals surface area contributed by atoms with Crippen molar-refractivity contribution in [1.29, 1.82) is 0 Å². The fraction of sp³-hybridized carbons (Fsp3) is 0.833. The van der Waals surface area contributed by atoms with Crippen molar-refractivity contribution in [2.24, 2.45) is 0 Å². The third-order valence-electron chi connectivity index (χ3n) is 1.25. The normalized spacial score (nSPS) is 12.9. The molecule has 0 saturated carbocycles. The van der Waals surface area contributed by atoms with Gasteiger partial charge in [-0.15, -0.1) is 0 Å². The van der Waals surface area contributed by atoms with Crippen LogP contribution in [0.1, 0.15) is 6.42 Å². The first-order valence-corrected chi connectivity index (χ1v) is 5.36. The molecule has 0 aromatic heterocycles. The van der Waals surface area contributed by atoms with Gasteiger partial charge in [-0.3, -0.25) is 9.35 Å². The van der Waals surface area contributed by atoms with Crippen LogP contribution in [0.25, 0.3) is 0 Å². The van der Waals surface area contributed by atoms with E-state index in [4.69, 9.17) is 9.29 Å². The molecule has 0 fully saturated rings. The topological polar surface area (TPSA) is 66.8 Å². The maximum Gasteiger partial charge on any atom is 0.306 e. The van der Waals surface area contributed by atoms with Crippen LogP contribution in [0.4, 0.5) is 0 Å². The van der Waals surface area contributed by atoms with Gasteiger partial charge in [0.25, 0.3) is 0 Å². The third-order valence-corrected chi connectivity index (χ3v) is 2.19. The Kier molecular flexibility index (Phi) is 7.25. The lowest BCUT2D eigenvalue weighted by atomic mass is 10.5. The molecule has 7 heteroatoms. The number of ether oxygens (including phenoxy) is 1. The minimum atomic E-state index is -2.00. The maximum atomic E-state index is 10.8. The Balaban J connectivity index is 3.44. The Labute approximate surface area is 85.3 Å². The molecule has 5 nitrogen and oxygen atoms in total. The summed E-state index contributed by atoms with van der Waals surface area (Å²) in [5, 5.41) is 0. The fourth-order valence-corrected chi connectivity index (χ4v) is 0.943. The molecule has 0 saturated heterocycles. The minimum absolute atomic E-state index is 0.120. The predicted octanol–water partition coefficient (Wildman–Crippen LogP) is -0.0820. The Morgan fingerprint density at radius 2 is 2.31 bits per heavy atom. The van der Waals surface area contributed by atoms with Crippen LogP contribution in [0.5, 0.6) is 0 Å². The van der Waals surface area contributed by atoms with Crippen LogP contribution in [-0.2, 0) is 20.8 Å². The van der Waals surface area contributed by atoms with E-state index in [1.807, 2.05) is 0 Å². The summed E-state index contributed by atoms with van der Waals surface area (Å²) in [4.78, 5) is 10.8. The maximum absolute atomic E-state index is 10.8. The highest BCUT2D eigenvalue weighted by atomic mass is 32.2. The van der Waals surface area contributed by atoms with Gasteiger partial charge in [-0.1, -0.05) is 0 Å². The molecule has 0 bridgehead atoms. The summed E-state index contributed by atoms with van der Waals surface area (Å²) in [6, 6.07) is 0. The molecule has 78 valence electrons. The Morgan fingerprint density at radius 3 is 2.77 bits per heavy atom. The SMILES string of the molecule is CN(CCOC(=O)CCS)S(=O)O. The molecule has 0 heterocycles. The van der Waals surface area contributed by atoms with Crippen LogP contribution in [0.2, 0.25) is 0 Å². The Bertz CT molecular complexity index is 187. The lowest BCUT2D eigenvalue weighted by Gasteiger charge is -2.10. The van der Waals surface area contributed by atoms with E-state index in [0.717, 1.165) is 4.31 Å². The van der Waals surface area contributed by atoms with Crippen molar-refractivity contribution in [3.05, 3.63) is 0 Å². The van der Waals surface area contributed by atoms with Crippen LogP contribution in [-0.4, -0.2) is 45.0 Å². The van der Waals surface area contributed by atoms with Crippen LogP contribution < -0.4 is 0 Å². The number of esters is 1. The Hall–Kier alpha value is -0.110. The number of nitrogens with zero attached hydrogens (tertiary/aromatic N) is 1. The number of thiol groups is 1. The van der Waals surface area contributed by atoms with Gasteiger partial charge in [0.15, 0.2) is 0 Å². The second-order valence-electron chi connectivity index (χ2n) is 2.28. The molecule has 0 aliphatic rings. The monoisotopic (exact) mass is 227 g/mol. The van der Waals surface area contributed by atoms with Crippen molar-refractivity contribution in [2.45, 2.75) is 6.42 Å². The van der Waals surface area contributed by atoms with Gasteiger partial charge in [0, 0.05) is 19.3 Å². The summed E-state index contributed by atoms with van der Waals surface area (Å²) in [5.41, 5.74) is 0. The summed E-state index contributed by atoms with van der Waals surface area (Å²) in [7, 11) is 1.46. The molecule has 0 radical (unpaired) electrons. The minimum Gasteiger partial charge on any atom is -0.464 e. The van der Waals surface area contributed by atoms with Crippen molar-refractivity contribution in [1.82, 2.24) is 4.31 Å². The van der Waals surface area contributed by atoms with Gasteiger partial charge in [-0.2, -0.15) is 12.6 Å². The summed E-state index contributed by atoms with van der Waals surface area (Å²) in [6.07, 6.45) is 0.259. The van der Waals surface area contributed by atoms with Gasteiger partial charge in [0.2, 0.25) is 11.3 Å². The first-order chi connectivity index (χ1) is 6.07. The summed E-state index contributed by atoms with van der Waals surface area (Å²) >= 11 is 1.85. The number of hydrogen-bond acceptors (Lipinski definition) is 4.